The number of fused-ring (bicyclic) bond motifs is 1. The number of rotatable bonds is 8. The van der Waals surface area contributed by atoms with Gasteiger partial charge in [0.05, 0.1) is 0 Å². The topological polar surface area (TPSA) is 24.9 Å². The van der Waals surface area contributed by atoms with Crippen molar-refractivity contribution >= 4 is 32.8 Å². The number of aromatic nitrogens is 1. The molecule has 1 heterocycles. The molecule has 1 atom stereocenters. The van der Waals surface area contributed by atoms with E-state index in [0.717, 1.165) is 17.4 Å². The third kappa shape index (κ3) is 5.79. The van der Waals surface area contributed by atoms with Gasteiger partial charge in [0.15, 0.2) is 0 Å². The molecule has 0 radical (unpaired) electrons. The quantitative estimate of drug-likeness (QED) is 0.438. The Balaban J connectivity index is 1.38. The third-order valence-electron chi connectivity index (χ3n) is 4.55. The smallest absolute Gasteiger partial charge is 0.0346 e. The summed E-state index contributed by atoms with van der Waals surface area (Å²) in [5.41, 5.74) is 2.58. The second-order valence-electron chi connectivity index (χ2n) is 6.72. The zero-order chi connectivity index (χ0) is 18.2. The molecule has 1 aromatic heterocycles. The van der Waals surface area contributed by atoms with Gasteiger partial charge in [-0.05, 0) is 67.0 Å². The molecule has 3 rings (SSSR count). The van der Waals surface area contributed by atoms with Gasteiger partial charge in [0.1, 0.15) is 0 Å². The Morgan fingerprint density at radius 3 is 2.77 bits per heavy atom. The van der Waals surface area contributed by atoms with Crippen molar-refractivity contribution in [3.8, 4) is 0 Å². The van der Waals surface area contributed by atoms with Crippen molar-refractivity contribution in [2.45, 2.75) is 38.8 Å². The van der Waals surface area contributed by atoms with Gasteiger partial charge in [0.25, 0.3) is 0 Å². The van der Waals surface area contributed by atoms with Gasteiger partial charge in [0, 0.05) is 34.8 Å². The summed E-state index contributed by atoms with van der Waals surface area (Å²) in [5, 5.41) is 6.08. The Kier molecular flexibility index (Phi) is 6.98. The summed E-state index contributed by atoms with van der Waals surface area (Å²) in [6, 6.07) is 17.6. The van der Waals surface area contributed by atoms with Crippen LogP contribution in [0.1, 0.15) is 37.3 Å². The van der Waals surface area contributed by atoms with E-state index in [2.05, 4.69) is 93.8 Å². The fraction of sp³-hybridized carbons (Fsp3) is 0.261. The van der Waals surface area contributed by atoms with Gasteiger partial charge in [-0.1, -0.05) is 52.3 Å². The average Bonchev–Trinajstić information content (AvgIpc) is 2.67. The number of unbranched alkanes of at least 4 members (excludes halogenated alkanes) is 1. The number of hydrogen-bond acceptors (Lipinski definition) is 2. The summed E-state index contributed by atoms with van der Waals surface area (Å²) in [6.07, 6.45) is 11.7. The lowest BCUT2D eigenvalue weighted by molar-refractivity contribution is 0.500. The van der Waals surface area contributed by atoms with E-state index in [-0.39, 0.29) is 0 Å². The molecule has 1 N–H and O–H groups in total. The minimum Gasteiger partial charge on any atom is -0.310 e. The minimum atomic E-state index is 0.518. The molecule has 2 aromatic carbocycles. The summed E-state index contributed by atoms with van der Waals surface area (Å²) >= 11 is 3.46. The first-order valence-corrected chi connectivity index (χ1v) is 9.98. The van der Waals surface area contributed by atoms with Crippen LogP contribution < -0.4 is 5.32 Å². The van der Waals surface area contributed by atoms with Crippen molar-refractivity contribution in [1.29, 1.82) is 0 Å². The molecule has 0 saturated carbocycles. The fourth-order valence-corrected chi connectivity index (χ4v) is 3.24. The van der Waals surface area contributed by atoms with Crippen LogP contribution in [0.3, 0.4) is 0 Å². The highest BCUT2D eigenvalue weighted by Gasteiger charge is 2.02. The number of pyridine rings is 1. The van der Waals surface area contributed by atoms with Gasteiger partial charge in [-0.15, -0.1) is 0 Å². The first-order valence-electron chi connectivity index (χ1n) is 9.19. The molecule has 0 aliphatic heterocycles. The maximum absolute atomic E-state index is 4.17. The molecule has 0 amide bonds. The van der Waals surface area contributed by atoms with E-state index in [9.17, 15) is 0 Å². The number of halogens is 1. The number of hydrogen-bond donors (Lipinski definition) is 1. The highest BCUT2D eigenvalue weighted by molar-refractivity contribution is 9.10. The number of nitrogens with one attached hydrogen (secondary N) is 1. The molecule has 0 spiro atoms. The van der Waals surface area contributed by atoms with Gasteiger partial charge in [0.2, 0.25) is 0 Å². The number of benzene rings is 2. The summed E-state index contributed by atoms with van der Waals surface area (Å²) in [6.45, 7) is 3.18. The SMILES string of the molecule is C[C@H](CCC/C=C/c1ccc(Br)cc1)NCc1ccc2cnccc2c1. The Morgan fingerprint density at radius 2 is 1.92 bits per heavy atom. The third-order valence-corrected chi connectivity index (χ3v) is 5.08. The van der Waals surface area contributed by atoms with Crippen LogP contribution in [-0.4, -0.2) is 11.0 Å². The molecule has 0 aliphatic carbocycles. The molecule has 0 saturated heterocycles. The van der Waals surface area contributed by atoms with Crippen LogP contribution in [0.25, 0.3) is 16.8 Å². The molecule has 0 aliphatic rings. The minimum absolute atomic E-state index is 0.518. The molecule has 26 heavy (non-hydrogen) atoms. The van der Waals surface area contributed by atoms with Crippen molar-refractivity contribution in [2.75, 3.05) is 0 Å². The molecule has 3 heteroatoms. The highest BCUT2D eigenvalue weighted by Crippen LogP contribution is 2.15. The predicted octanol–water partition coefficient (Wildman–Crippen LogP) is 6.36. The van der Waals surface area contributed by atoms with Gasteiger partial charge >= 0.3 is 0 Å². The van der Waals surface area contributed by atoms with Crippen molar-refractivity contribution in [3.05, 3.63) is 82.6 Å². The van der Waals surface area contributed by atoms with Gasteiger partial charge in [-0.3, -0.25) is 4.98 Å². The average molecular weight is 409 g/mol. The zero-order valence-corrected chi connectivity index (χ0v) is 16.7. The van der Waals surface area contributed by atoms with E-state index >= 15 is 0 Å². The molecule has 0 bridgehead atoms. The van der Waals surface area contributed by atoms with Crippen molar-refractivity contribution in [2.24, 2.45) is 0 Å². The van der Waals surface area contributed by atoms with Gasteiger partial charge < -0.3 is 5.32 Å². The van der Waals surface area contributed by atoms with Crippen LogP contribution in [0, 0.1) is 0 Å². The molecular formula is C23H25BrN2. The summed E-state index contributed by atoms with van der Waals surface area (Å²) < 4.78 is 1.12. The normalized spacial score (nSPS) is 12.7. The van der Waals surface area contributed by atoms with Crippen LogP contribution >= 0.6 is 15.9 Å². The van der Waals surface area contributed by atoms with E-state index < -0.39 is 0 Å². The van der Waals surface area contributed by atoms with Gasteiger partial charge in [-0.2, -0.15) is 0 Å². The van der Waals surface area contributed by atoms with E-state index in [1.807, 2.05) is 12.4 Å². The summed E-state index contributed by atoms with van der Waals surface area (Å²) in [5.74, 6) is 0. The lowest BCUT2D eigenvalue weighted by Crippen LogP contribution is -2.25. The Hall–Kier alpha value is -1.97. The molecule has 0 fully saturated rings. The molecular weight excluding hydrogens is 384 g/mol. The first kappa shape index (κ1) is 18.8. The van der Waals surface area contributed by atoms with Crippen molar-refractivity contribution in [3.63, 3.8) is 0 Å². The maximum Gasteiger partial charge on any atom is 0.0346 e. The van der Waals surface area contributed by atoms with Gasteiger partial charge in [-0.25, -0.2) is 0 Å². The van der Waals surface area contributed by atoms with Crippen LogP contribution in [0.15, 0.2) is 71.5 Å². The lowest BCUT2D eigenvalue weighted by Gasteiger charge is -2.13. The van der Waals surface area contributed by atoms with Crippen LogP contribution in [0.4, 0.5) is 0 Å². The monoisotopic (exact) mass is 408 g/mol. The van der Waals surface area contributed by atoms with E-state index in [1.54, 1.807) is 0 Å². The molecule has 134 valence electrons. The Morgan fingerprint density at radius 1 is 1.08 bits per heavy atom. The van der Waals surface area contributed by atoms with E-state index in [1.165, 1.54) is 34.7 Å². The fourth-order valence-electron chi connectivity index (χ4n) is 2.97. The Labute approximate surface area is 164 Å². The van der Waals surface area contributed by atoms with E-state index in [0.29, 0.717) is 6.04 Å². The number of allylic oxidation sites excluding steroid dienone is 1. The van der Waals surface area contributed by atoms with Crippen molar-refractivity contribution < 1.29 is 0 Å². The Bertz CT molecular complexity index is 855. The predicted molar refractivity (Wildman–Crippen MR) is 115 cm³/mol. The zero-order valence-electron chi connectivity index (χ0n) is 15.2. The summed E-state index contributed by atoms with van der Waals surface area (Å²) in [7, 11) is 0. The van der Waals surface area contributed by atoms with Crippen LogP contribution in [0.5, 0.6) is 0 Å². The first-order chi connectivity index (χ1) is 12.7. The standard InChI is InChI=1S/C23H25BrN2/c1-18(5-3-2-4-6-19-8-11-23(24)12-9-19)26-16-20-7-10-22-17-25-14-13-21(22)15-20/h4,6-15,17-18,26H,2-3,5,16H2,1H3/b6-4+/t18-/m1/s1. The van der Waals surface area contributed by atoms with E-state index in [4.69, 9.17) is 0 Å². The summed E-state index contributed by atoms with van der Waals surface area (Å²) in [4.78, 5) is 4.17. The largest absolute Gasteiger partial charge is 0.310 e. The molecule has 2 nitrogen and oxygen atoms in total. The lowest BCUT2D eigenvalue weighted by atomic mass is 10.1. The second kappa shape index (κ2) is 9.65. The molecule has 0 unspecified atom stereocenters. The van der Waals surface area contributed by atoms with Crippen molar-refractivity contribution in [1.82, 2.24) is 10.3 Å². The van der Waals surface area contributed by atoms with Crippen LogP contribution in [-0.2, 0) is 6.54 Å². The maximum atomic E-state index is 4.17. The molecule has 3 aromatic rings. The second-order valence-corrected chi connectivity index (χ2v) is 7.64. The number of nitrogens with zero attached hydrogens (tertiary/aromatic N) is 1. The highest BCUT2D eigenvalue weighted by atomic mass is 79.9. The van der Waals surface area contributed by atoms with Crippen LogP contribution in [0.2, 0.25) is 0 Å².